The van der Waals surface area contributed by atoms with Crippen molar-refractivity contribution in [1.82, 2.24) is 9.88 Å². The Morgan fingerprint density at radius 1 is 1.47 bits per heavy atom. The Kier molecular flexibility index (Phi) is 5.33. The summed E-state index contributed by atoms with van der Waals surface area (Å²) in [5.74, 6) is 0.931. The summed E-state index contributed by atoms with van der Waals surface area (Å²) in [5.41, 5.74) is 0.994. The van der Waals surface area contributed by atoms with Crippen LogP contribution in [0.4, 0.5) is 0 Å². The number of methoxy groups -OCH3 is 1. The van der Waals surface area contributed by atoms with Crippen LogP contribution in [0.5, 0.6) is 0 Å². The van der Waals surface area contributed by atoms with Gasteiger partial charge in [-0.15, -0.1) is 0 Å². The molecule has 1 saturated heterocycles. The van der Waals surface area contributed by atoms with Crippen LogP contribution >= 0.6 is 0 Å². The van der Waals surface area contributed by atoms with Crippen LogP contribution in [-0.2, 0) is 16.0 Å². The van der Waals surface area contributed by atoms with Crippen molar-refractivity contribution in [3.8, 4) is 0 Å². The standard InChI is InChI=1S/C15H22N2O2/c1-19-10-6-13-4-8-17(9-5-13)15(18)11-14-3-2-7-16-12-14/h2-3,7,12-13H,4-6,8-11H2,1H3. The van der Waals surface area contributed by atoms with Crippen LogP contribution in [0.3, 0.4) is 0 Å². The summed E-state index contributed by atoms with van der Waals surface area (Å²) < 4.78 is 5.11. The number of piperidine rings is 1. The molecular formula is C15H22N2O2. The first-order valence-electron chi connectivity index (χ1n) is 6.95. The molecule has 0 aliphatic carbocycles. The number of ether oxygens (including phenoxy) is 1. The van der Waals surface area contributed by atoms with Crippen LogP contribution in [0, 0.1) is 5.92 Å². The largest absolute Gasteiger partial charge is 0.385 e. The number of hydrogen-bond donors (Lipinski definition) is 0. The van der Waals surface area contributed by atoms with Gasteiger partial charge in [-0.3, -0.25) is 9.78 Å². The molecule has 0 spiro atoms. The highest BCUT2D eigenvalue weighted by Gasteiger charge is 2.22. The van der Waals surface area contributed by atoms with Crippen molar-refractivity contribution in [2.24, 2.45) is 5.92 Å². The smallest absolute Gasteiger partial charge is 0.227 e. The number of amides is 1. The number of pyridine rings is 1. The van der Waals surface area contributed by atoms with E-state index in [1.165, 1.54) is 0 Å². The Hall–Kier alpha value is -1.42. The van der Waals surface area contributed by atoms with Crippen molar-refractivity contribution in [3.05, 3.63) is 30.1 Å². The molecule has 2 heterocycles. The first-order chi connectivity index (χ1) is 9.29. The maximum absolute atomic E-state index is 12.2. The van der Waals surface area contributed by atoms with Crippen molar-refractivity contribution < 1.29 is 9.53 Å². The molecule has 0 aromatic carbocycles. The average Bonchev–Trinajstić information content (AvgIpc) is 2.46. The molecule has 1 fully saturated rings. The van der Waals surface area contributed by atoms with Crippen LogP contribution in [-0.4, -0.2) is 42.6 Å². The molecule has 4 heteroatoms. The Labute approximate surface area is 114 Å². The van der Waals surface area contributed by atoms with Crippen LogP contribution in [0.1, 0.15) is 24.8 Å². The lowest BCUT2D eigenvalue weighted by Crippen LogP contribution is -2.39. The first kappa shape index (κ1) is 14.0. The number of rotatable bonds is 5. The lowest BCUT2D eigenvalue weighted by molar-refractivity contribution is -0.131. The number of carbonyl (C=O) groups is 1. The molecule has 1 aromatic heterocycles. The lowest BCUT2D eigenvalue weighted by Gasteiger charge is -2.32. The molecular weight excluding hydrogens is 240 g/mol. The molecule has 19 heavy (non-hydrogen) atoms. The second-order valence-electron chi connectivity index (χ2n) is 5.14. The van der Waals surface area contributed by atoms with Crippen LogP contribution in [0.15, 0.2) is 24.5 Å². The van der Waals surface area contributed by atoms with Gasteiger partial charge >= 0.3 is 0 Å². The maximum atomic E-state index is 12.2. The summed E-state index contributed by atoms with van der Waals surface area (Å²) in [6.45, 7) is 2.59. The zero-order valence-corrected chi connectivity index (χ0v) is 11.5. The van der Waals surface area contributed by atoms with Crippen molar-refractivity contribution >= 4 is 5.91 Å². The Balaban J connectivity index is 1.76. The third kappa shape index (κ3) is 4.31. The fraction of sp³-hybridized carbons (Fsp3) is 0.600. The van der Waals surface area contributed by atoms with Gasteiger partial charge in [0, 0.05) is 39.2 Å². The van der Waals surface area contributed by atoms with Gasteiger partial charge in [0.2, 0.25) is 5.91 Å². The molecule has 1 aromatic rings. The second-order valence-corrected chi connectivity index (χ2v) is 5.14. The summed E-state index contributed by atoms with van der Waals surface area (Å²) in [7, 11) is 1.74. The third-order valence-electron chi connectivity index (χ3n) is 3.78. The van der Waals surface area contributed by atoms with Crippen molar-refractivity contribution in [2.75, 3.05) is 26.8 Å². The van der Waals surface area contributed by atoms with Gasteiger partial charge in [0.15, 0.2) is 0 Å². The minimum absolute atomic E-state index is 0.221. The van der Waals surface area contributed by atoms with Crippen LogP contribution < -0.4 is 0 Å². The highest BCUT2D eigenvalue weighted by Crippen LogP contribution is 2.20. The first-order valence-corrected chi connectivity index (χ1v) is 6.95. The quantitative estimate of drug-likeness (QED) is 0.814. The van der Waals surface area contributed by atoms with E-state index in [1.807, 2.05) is 17.0 Å². The predicted octanol–water partition coefficient (Wildman–Crippen LogP) is 1.90. The minimum Gasteiger partial charge on any atom is -0.385 e. The molecule has 1 aliphatic rings. The number of hydrogen-bond acceptors (Lipinski definition) is 3. The highest BCUT2D eigenvalue weighted by molar-refractivity contribution is 5.78. The van der Waals surface area contributed by atoms with E-state index in [4.69, 9.17) is 4.74 Å². The van der Waals surface area contributed by atoms with E-state index in [9.17, 15) is 4.79 Å². The highest BCUT2D eigenvalue weighted by atomic mass is 16.5. The summed E-state index contributed by atoms with van der Waals surface area (Å²) >= 11 is 0. The van der Waals surface area contributed by atoms with Gasteiger partial charge in [0.1, 0.15) is 0 Å². The van der Waals surface area contributed by atoms with Crippen LogP contribution in [0.25, 0.3) is 0 Å². The van der Waals surface area contributed by atoms with Gasteiger partial charge in [0.05, 0.1) is 6.42 Å². The van der Waals surface area contributed by atoms with E-state index in [1.54, 1.807) is 19.5 Å². The van der Waals surface area contributed by atoms with E-state index in [-0.39, 0.29) is 5.91 Å². The fourth-order valence-electron chi connectivity index (χ4n) is 2.54. The molecule has 4 nitrogen and oxygen atoms in total. The molecule has 0 radical (unpaired) electrons. The van der Waals surface area contributed by atoms with Crippen molar-refractivity contribution in [2.45, 2.75) is 25.7 Å². The molecule has 0 unspecified atom stereocenters. The number of nitrogens with zero attached hydrogens (tertiary/aromatic N) is 2. The lowest BCUT2D eigenvalue weighted by atomic mass is 9.93. The van der Waals surface area contributed by atoms with Gasteiger partial charge in [-0.1, -0.05) is 6.07 Å². The minimum atomic E-state index is 0.221. The molecule has 2 rings (SSSR count). The van der Waals surface area contributed by atoms with E-state index >= 15 is 0 Å². The Morgan fingerprint density at radius 3 is 2.89 bits per heavy atom. The third-order valence-corrected chi connectivity index (χ3v) is 3.78. The second kappa shape index (κ2) is 7.24. The van der Waals surface area contributed by atoms with Crippen molar-refractivity contribution in [3.63, 3.8) is 0 Å². The summed E-state index contributed by atoms with van der Waals surface area (Å²) in [4.78, 5) is 18.2. The van der Waals surface area contributed by atoms with E-state index in [0.717, 1.165) is 44.5 Å². The predicted molar refractivity (Wildman–Crippen MR) is 73.7 cm³/mol. The average molecular weight is 262 g/mol. The normalized spacial score (nSPS) is 16.6. The van der Waals surface area contributed by atoms with Gasteiger partial charge < -0.3 is 9.64 Å². The van der Waals surface area contributed by atoms with Gasteiger partial charge in [-0.2, -0.15) is 0 Å². The fourth-order valence-corrected chi connectivity index (χ4v) is 2.54. The van der Waals surface area contributed by atoms with Gasteiger partial charge in [-0.05, 0) is 36.8 Å². The SMILES string of the molecule is COCCC1CCN(C(=O)Cc2cccnc2)CC1. The summed E-state index contributed by atoms with van der Waals surface area (Å²) in [6, 6.07) is 3.83. The summed E-state index contributed by atoms with van der Waals surface area (Å²) in [6.07, 6.45) is 7.28. The molecule has 0 saturated carbocycles. The molecule has 0 bridgehead atoms. The number of likely N-dealkylation sites (tertiary alicyclic amines) is 1. The summed E-state index contributed by atoms with van der Waals surface area (Å²) in [5, 5.41) is 0. The molecule has 1 aliphatic heterocycles. The zero-order valence-electron chi connectivity index (χ0n) is 11.5. The Morgan fingerprint density at radius 2 is 2.26 bits per heavy atom. The number of carbonyl (C=O) groups excluding carboxylic acids is 1. The monoisotopic (exact) mass is 262 g/mol. The molecule has 0 atom stereocenters. The number of aromatic nitrogens is 1. The van der Waals surface area contributed by atoms with Crippen molar-refractivity contribution in [1.29, 1.82) is 0 Å². The maximum Gasteiger partial charge on any atom is 0.227 e. The van der Waals surface area contributed by atoms with E-state index < -0.39 is 0 Å². The molecule has 0 N–H and O–H groups in total. The molecule has 104 valence electrons. The van der Waals surface area contributed by atoms with Crippen LogP contribution in [0.2, 0.25) is 0 Å². The Bertz CT molecular complexity index is 386. The zero-order chi connectivity index (χ0) is 13.5. The van der Waals surface area contributed by atoms with E-state index in [2.05, 4.69) is 4.98 Å². The van der Waals surface area contributed by atoms with Gasteiger partial charge in [-0.25, -0.2) is 0 Å². The van der Waals surface area contributed by atoms with Gasteiger partial charge in [0.25, 0.3) is 0 Å². The molecule has 1 amide bonds. The topological polar surface area (TPSA) is 42.4 Å². The van der Waals surface area contributed by atoms with E-state index in [0.29, 0.717) is 12.3 Å².